The summed E-state index contributed by atoms with van der Waals surface area (Å²) >= 11 is 0. The molecule has 1 fully saturated rings. The Labute approximate surface area is 119 Å². The summed E-state index contributed by atoms with van der Waals surface area (Å²) in [7, 11) is -3.15. The van der Waals surface area contributed by atoms with Crippen LogP contribution in [-0.2, 0) is 10.0 Å². The maximum atomic E-state index is 10.9. The van der Waals surface area contributed by atoms with Gasteiger partial charge in [-0.15, -0.1) is 0 Å². The second-order valence-electron chi connectivity index (χ2n) is 4.98. The predicted octanol–water partition coefficient (Wildman–Crippen LogP) is 0.346. The van der Waals surface area contributed by atoms with Crippen LogP contribution >= 0.6 is 0 Å². The summed E-state index contributed by atoms with van der Waals surface area (Å²) in [6, 6.07) is 1.98. The molecule has 0 aromatic carbocycles. The van der Waals surface area contributed by atoms with Gasteiger partial charge in [0, 0.05) is 37.9 Å². The van der Waals surface area contributed by atoms with E-state index in [0.29, 0.717) is 19.0 Å². The molecule has 0 spiro atoms. The van der Waals surface area contributed by atoms with Crippen molar-refractivity contribution in [2.24, 2.45) is 0 Å². The van der Waals surface area contributed by atoms with E-state index in [1.165, 1.54) is 12.8 Å². The quantitative estimate of drug-likeness (QED) is 0.737. The van der Waals surface area contributed by atoms with Crippen molar-refractivity contribution in [2.75, 3.05) is 42.7 Å². The molecule has 1 aromatic heterocycles. The van der Waals surface area contributed by atoms with Crippen LogP contribution < -0.4 is 14.9 Å². The molecule has 1 saturated heterocycles. The van der Waals surface area contributed by atoms with Crippen LogP contribution in [-0.4, -0.2) is 50.8 Å². The fourth-order valence-electron chi connectivity index (χ4n) is 2.15. The summed E-state index contributed by atoms with van der Waals surface area (Å²) in [6.07, 6.45) is 3.54. The largest absolute Gasteiger partial charge is 0.356 e. The molecule has 1 aliphatic heterocycles. The van der Waals surface area contributed by atoms with Gasteiger partial charge < -0.3 is 10.2 Å². The first-order valence-electron chi connectivity index (χ1n) is 6.73. The van der Waals surface area contributed by atoms with E-state index in [0.717, 1.165) is 30.9 Å². The average molecular weight is 299 g/mol. The number of hydrogen-bond donors (Lipinski definition) is 2. The second-order valence-corrected chi connectivity index (χ2v) is 6.81. The molecule has 0 atom stereocenters. The highest BCUT2D eigenvalue weighted by molar-refractivity contribution is 7.88. The summed E-state index contributed by atoms with van der Waals surface area (Å²) < 4.78 is 24.3. The van der Waals surface area contributed by atoms with Crippen molar-refractivity contribution in [2.45, 2.75) is 19.8 Å². The SMILES string of the molecule is Cc1cc(N2CCCC2)nc(NCCNS(C)(=O)=O)n1. The molecule has 1 aliphatic rings. The third-order valence-electron chi connectivity index (χ3n) is 3.04. The fourth-order valence-corrected chi connectivity index (χ4v) is 2.62. The molecule has 2 heterocycles. The maximum Gasteiger partial charge on any atom is 0.224 e. The van der Waals surface area contributed by atoms with Gasteiger partial charge in [0.25, 0.3) is 0 Å². The zero-order chi connectivity index (χ0) is 14.6. The van der Waals surface area contributed by atoms with E-state index < -0.39 is 10.0 Å². The topological polar surface area (TPSA) is 87.2 Å². The van der Waals surface area contributed by atoms with Crippen molar-refractivity contribution in [3.8, 4) is 0 Å². The van der Waals surface area contributed by atoms with Gasteiger partial charge >= 0.3 is 0 Å². The zero-order valence-electron chi connectivity index (χ0n) is 11.9. The van der Waals surface area contributed by atoms with Crippen LogP contribution in [0, 0.1) is 6.92 Å². The van der Waals surface area contributed by atoms with Gasteiger partial charge in [-0.05, 0) is 19.8 Å². The molecule has 0 bridgehead atoms. The van der Waals surface area contributed by atoms with Crippen LogP contribution in [0.25, 0.3) is 0 Å². The molecule has 112 valence electrons. The van der Waals surface area contributed by atoms with E-state index in [4.69, 9.17) is 0 Å². The van der Waals surface area contributed by atoms with Crippen LogP contribution in [0.4, 0.5) is 11.8 Å². The summed E-state index contributed by atoms with van der Waals surface area (Å²) in [5.74, 6) is 1.48. The molecule has 0 aliphatic carbocycles. The lowest BCUT2D eigenvalue weighted by Crippen LogP contribution is -2.28. The van der Waals surface area contributed by atoms with E-state index in [2.05, 4.69) is 24.9 Å². The summed E-state index contributed by atoms with van der Waals surface area (Å²) in [4.78, 5) is 11.0. The molecule has 8 heteroatoms. The first kappa shape index (κ1) is 15.0. The molecule has 0 unspecified atom stereocenters. The van der Waals surface area contributed by atoms with Gasteiger partial charge in [-0.25, -0.2) is 18.1 Å². The number of anilines is 2. The number of aromatic nitrogens is 2. The fraction of sp³-hybridized carbons (Fsp3) is 0.667. The van der Waals surface area contributed by atoms with Crippen molar-refractivity contribution < 1.29 is 8.42 Å². The van der Waals surface area contributed by atoms with Gasteiger partial charge in [-0.1, -0.05) is 0 Å². The first-order valence-corrected chi connectivity index (χ1v) is 8.62. The highest BCUT2D eigenvalue weighted by Gasteiger charge is 2.14. The summed E-state index contributed by atoms with van der Waals surface area (Å²) in [5.41, 5.74) is 0.903. The number of hydrogen-bond acceptors (Lipinski definition) is 6. The number of aryl methyl sites for hydroxylation is 1. The molecule has 2 rings (SSSR count). The number of nitrogens with zero attached hydrogens (tertiary/aromatic N) is 3. The molecular weight excluding hydrogens is 278 g/mol. The minimum Gasteiger partial charge on any atom is -0.356 e. The molecule has 20 heavy (non-hydrogen) atoms. The van der Waals surface area contributed by atoms with Crippen LogP contribution in [0.15, 0.2) is 6.07 Å². The van der Waals surface area contributed by atoms with E-state index in [1.54, 1.807) is 0 Å². The Morgan fingerprint density at radius 1 is 1.25 bits per heavy atom. The van der Waals surface area contributed by atoms with Crippen molar-refractivity contribution in [1.29, 1.82) is 0 Å². The Hall–Kier alpha value is -1.41. The van der Waals surface area contributed by atoms with E-state index in [9.17, 15) is 8.42 Å². The molecule has 0 amide bonds. The van der Waals surface area contributed by atoms with Gasteiger partial charge in [-0.2, -0.15) is 4.98 Å². The minimum absolute atomic E-state index is 0.315. The van der Waals surface area contributed by atoms with Gasteiger partial charge in [0.05, 0.1) is 6.26 Å². The average Bonchev–Trinajstić information content (AvgIpc) is 2.86. The van der Waals surface area contributed by atoms with Crippen molar-refractivity contribution >= 4 is 21.8 Å². The smallest absolute Gasteiger partial charge is 0.224 e. The van der Waals surface area contributed by atoms with Gasteiger partial charge in [0.1, 0.15) is 5.82 Å². The van der Waals surface area contributed by atoms with Crippen molar-refractivity contribution in [3.63, 3.8) is 0 Å². The molecule has 2 N–H and O–H groups in total. The second kappa shape index (κ2) is 6.36. The molecule has 0 radical (unpaired) electrons. The van der Waals surface area contributed by atoms with Crippen LogP contribution in [0.1, 0.15) is 18.5 Å². The lowest BCUT2D eigenvalue weighted by molar-refractivity contribution is 0.589. The zero-order valence-corrected chi connectivity index (χ0v) is 12.7. The van der Waals surface area contributed by atoms with E-state index in [-0.39, 0.29) is 0 Å². The Kier molecular flexibility index (Phi) is 4.77. The Balaban J connectivity index is 1.94. The van der Waals surface area contributed by atoms with Crippen molar-refractivity contribution in [1.82, 2.24) is 14.7 Å². The van der Waals surface area contributed by atoms with Crippen LogP contribution in [0.2, 0.25) is 0 Å². The monoisotopic (exact) mass is 299 g/mol. The number of rotatable bonds is 6. The number of sulfonamides is 1. The Morgan fingerprint density at radius 3 is 2.60 bits per heavy atom. The maximum absolute atomic E-state index is 10.9. The first-order chi connectivity index (χ1) is 9.44. The van der Waals surface area contributed by atoms with Crippen LogP contribution in [0.3, 0.4) is 0 Å². The standard InChI is InChI=1S/C12H21N5O2S/c1-10-9-11(17-7-3-4-8-17)16-12(15-10)13-5-6-14-20(2,18)19/h9,14H,3-8H2,1-2H3,(H,13,15,16). The number of nitrogens with one attached hydrogen (secondary N) is 2. The van der Waals surface area contributed by atoms with Gasteiger partial charge in [-0.3, -0.25) is 0 Å². The normalized spacial score (nSPS) is 15.6. The van der Waals surface area contributed by atoms with Gasteiger partial charge in [0.15, 0.2) is 0 Å². The summed E-state index contributed by atoms with van der Waals surface area (Å²) in [5, 5.41) is 3.05. The Morgan fingerprint density at radius 2 is 1.95 bits per heavy atom. The van der Waals surface area contributed by atoms with E-state index >= 15 is 0 Å². The Bertz CT molecular complexity index is 555. The minimum atomic E-state index is -3.15. The highest BCUT2D eigenvalue weighted by atomic mass is 32.2. The molecule has 0 saturated carbocycles. The van der Waals surface area contributed by atoms with Gasteiger partial charge in [0.2, 0.25) is 16.0 Å². The molecule has 7 nitrogen and oxygen atoms in total. The van der Waals surface area contributed by atoms with Crippen molar-refractivity contribution in [3.05, 3.63) is 11.8 Å². The summed E-state index contributed by atoms with van der Waals surface area (Å²) in [6.45, 7) is 4.77. The lowest BCUT2D eigenvalue weighted by atomic mass is 10.4. The highest BCUT2D eigenvalue weighted by Crippen LogP contribution is 2.19. The van der Waals surface area contributed by atoms with Crippen LogP contribution in [0.5, 0.6) is 0 Å². The lowest BCUT2D eigenvalue weighted by Gasteiger charge is -2.17. The van der Waals surface area contributed by atoms with E-state index in [1.807, 2.05) is 13.0 Å². The third-order valence-corrected chi connectivity index (χ3v) is 3.77. The molecular formula is C12H21N5O2S. The molecule has 1 aromatic rings. The predicted molar refractivity (Wildman–Crippen MR) is 79.6 cm³/mol. The third kappa shape index (κ3) is 4.61.